The standard InChI is InChI=1S/C16H24N2O2/c1-18(12-14-6-3-2-5-13(14)11-17)16(19)9-8-15-7-4-10-20-15/h2-3,5-6,15H,4,7-12,17H2,1H3. The molecular weight excluding hydrogens is 252 g/mol. The first-order chi connectivity index (χ1) is 9.70. The molecule has 2 N–H and O–H groups in total. The molecule has 1 aliphatic rings. The van der Waals surface area contributed by atoms with Gasteiger partial charge in [0.15, 0.2) is 0 Å². The van der Waals surface area contributed by atoms with Gasteiger partial charge < -0.3 is 15.4 Å². The molecule has 0 bridgehead atoms. The van der Waals surface area contributed by atoms with Gasteiger partial charge in [0.05, 0.1) is 6.10 Å². The predicted octanol–water partition coefficient (Wildman–Crippen LogP) is 2.06. The lowest BCUT2D eigenvalue weighted by Gasteiger charge is -2.20. The van der Waals surface area contributed by atoms with E-state index in [0.29, 0.717) is 19.5 Å². The summed E-state index contributed by atoms with van der Waals surface area (Å²) in [6.07, 6.45) is 3.89. The molecule has 1 fully saturated rings. The smallest absolute Gasteiger partial charge is 0.222 e. The molecule has 1 heterocycles. The zero-order valence-corrected chi connectivity index (χ0v) is 12.2. The van der Waals surface area contributed by atoms with E-state index in [2.05, 4.69) is 0 Å². The fraction of sp³-hybridized carbons (Fsp3) is 0.562. The molecule has 1 aromatic rings. The van der Waals surface area contributed by atoms with Gasteiger partial charge >= 0.3 is 0 Å². The van der Waals surface area contributed by atoms with Crippen molar-refractivity contribution in [1.29, 1.82) is 0 Å². The second kappa shape index (κ2) is 7.41. The first-order valence-electron chi connectivity index (χ1n) is 7.33. The normalized spacial score (nSPS) is 18.2. The van der Waals surface area contributed by atoms with Crippen LogP contribution < -0.4 is 5.73 Å². The lowest BCUT2D eigenvalue weighted by Crippen LogP contribution is -2.27. The Morgan fingerprint density at radius 3 is 2.80 bits per heavy atom. The maximum Gasteiger partial charge on any atom is 0.222 e. The highest BCUT2D eigenvalue weighted by Crippen LogP contribution is 2.18. The SMILES string of the molecule is CN(Cc1ccccc1CN)C(=O)CCC1CCCO1. The maximum atomic E-state index is 12.1. The molecule has 110 valence electrons. The summed E-state index contributed by atoms with van der Waals surface area (Å²) < 4.78 is 5.55. The summed E-state index contributed by atoms with van der Waals surface area (Å²) in [5.74, 6) is 0.173. The van der Waals surface area contributed by atoms with Gasteiger partial charge in [-0.25, -0.2) is 0 Å². The fourth-order valence-corrected chi connectivity index (χ4v) is 2.60. The third-order valence-electron chi connectivity index (χ3n) is 3.88. The third-order valence-corrected chi connectivity index (χ3v) is 3.88. The van der Waals surface area contributed by atoms with Crippen LogP contribution in [0, 0.1) is 0 Å². The Morgan fingerprint density at radius 2 is 2.15 bits per heavy atom. The Hall–Kier alpha value is -1.39. The van der Waals surface area contributed by atoms with E-state index in [1.807, 2.05) is 31.3 Å². The molecule has 0 radical (unpaired) electrons. The Labute approximate surface area is 120 Å². The first kappa shape index (κ1) is 15.0. The summed E-state index contributed by atoms with van der Waals surface area (Å²) in [5, 5.41) is 0. The van der Waals surface area contributed by atoms with E-state index in [-0.39, 0.29) is 12.0 Å². The van der Waals surface area contributed by atoms with Crippen LogP contribution >= 0.6 is 0 Å². The Morgan fingerprint density at radius 1 is 1.40 bits per heavy atom. The van der Waals surface area contributed by atoms with Crippen LogP contribution in [0.2, 0.25) is 0 Å². The van der Waals surface area contributed by atoms with Crippen molar-refractivity contribution in [2.45, 2.75) is 44.9 Å². The van der Waals surface area contributed by atoms with E-state index < -0.39 is 0 Å². The quantitative estimate of drug-likeness (QED) is 0.865. The lowest BCUT2D eigenvalue weighted by atomic mass is 10.1. The lowest BCUT2D eigenvalue weighted by molar-refractivity contribution is -0.131. The summed E-state index contributed by atoms with van der Waals surface area (Å²) in [4.78, 5) is 13.9. The number of carbonyl (C=O) groups is 1. The van der Waals surface area contributed by atoms with E-state index in [0.717, 1.165) is 37.0 Å². The van der Waals surface area contributed by atoms with E-state index >= 15 is 0 Å². The van der Waals surface area contributed by atoms with Crippen LogP contribution in [0.1, 0.15) is 36.8 Å². The number of rotatable bonds is 6. The van der Waals surface area contributed by atoms with Crippen molar-refractivity contribution in [3.8, 4) is 0 Å². The molecule has 1 atom stereocenters. The summed E-state index contributed by atoms with van der Waals surface area (Å²) in [6, 6.07) is 8.01. The van der Waals surface area contributed by atoms with Crippen LogP contribution in [0.4, 0.5) is 0 Å². The Bertz CT molecular complexity index is 442. The number of hydrogen-bond acceptors (Lipinski definition) is 3. The second-order valence-electron chi connectivity index (χ2n) is 5.40. The van der Waals surface area contributed by atoms with Gasteiger partial charge in [-0.1, -0.05) is 24.3 Å². The number of hydrogen-bond donors (Lipinski definition) is 1. The van der Waals surface area contributed by atoms with Gasteiger partial charge in [-0.05, 0) is 30.4 Å². The molecule has 2 rings (SSSR count). The van der Waals surface area contributed by atoms with Crippen LogP contribution in [0.5, 0.6) is 0 Å². The van der Waals surface area contributed by atoms with Gasteiger partial charge in [-0.3, -0.25) is 4.79 Å². The largest absolute Gasteiger partial charge is 0.378 e. The molecule has 0 spiro atoms. The zero-order chi connectivity index (χ0) is 14.4. The molecule has 4 heteroatoms. The van der Waals surface area contributed by atoms with Crippen LogP contribution in [0.15, 0.2) is 24.3 Å². The van der Waals surface area contributed by atoms with Crippen LogP contribution in [0.25, 0.3) is 0 Å². The molecule has 1 saturated heterocycles. The van der Waals surface area contributed by atoms with Crippen LogP contribution in [0.3, 0.4) is 0 Å². The fourth-order valence-electron chi connectivity index (χ4n) is 2.60. The van der Waals surface area contributed by atoms with Crippen molar-refractivity contribution >= 4 is 5.91 Å². The number of nitrogens with zero attached hydrogens (tertiary/aromatic N) is 1. The van der Waals surface area contributed by atoms with Crippen molar-refractivity contribution in [1.82, 2.24) is 4.90 Å². The molecule has 1 aliphatic heterocycles. The van der Waals surface area contributed by atoms with Gasteiger partial charge in [0.25, 0.3) is 0 Å². The molecule has 1 unspecified atom stereocenters. The van der Waals surface area contributed by atoms with Crippen LogP contribution in [-0.4, -0.2) is 30.6 Å². The first-order valence-corrected chi connectivity index (χ1v) is 7.33. The molecule has 0 saturated carbocycles. The van der Waals surface area contributed by atoms with E-state index in [1.54, 1.807) is 4.90 Å². The average molecular weight is 276 g/mol. The molecule has 0 aromatic heterocycles. The number of nitrogens with two attached hydrogens (primary N) is 1. The maximum absolute atomic E-state index is 12.1. The minimum Gasteiger partial charge on any atom is -0.378 e. The molecule has 4 nitrogen and oxygen atoms in total. The van der Waals surface area contributed by atoms with Crippen molar-refractivity contribution in [3.63, 3.8) is 0 Å². The van der Waals surface area contributed by atoms with E-state index in [4.69, 9.17) is 10.5 Å². The molecular formula is C16H24N2O2. The topological polar surface area (TPSA) is 55.6 Å². The minimum atomic E-state index is 0.173. The highest BCUT2D eigenvalue weighted by atomic mass is 16.5. The van der Waals surface area contributed by atoms with E-state index in [9.17, 15) is 4.79 Å². The van der Waals surface area contributed by atoms with Gasteiger partial charge in [-0.2, -0.15) is 0 Å². The van der Waals surface area contributed by atoms with Gasteiger partial charge in [-0.15, -0.1) is 0 Å². The van der Waals surface area contributed by atoms with Crippen molar-refractivity contribution in [2.75, 3.05) is 13.7 Å². The van der Waals surface area contributed by atoms with Gasteiger partial charge in [0.2, 0.25) is 5.91 Å². The highest BCUT2D eigenvalue weighted by molar-refractivity contribution is 5.75. The van der Waals surface area contributed by atoms with Gasteiger partial charge in [0, 0.05) is 33.2 Å². The van der Waals surface area contributed by atoms with Crippen molar-refractivity contribution in [2.24, 2.45) is 5.73 Å². The monoisotopic (exact) mass is 276 g/mol. The van der Waals surface area contributed by atoms with Crippen LogP contribution in [-0.2, 0) is 22.6 Å². The molecule has 20 heavy (non-hydrogen) atoms. The highest BCUT2D eigenvalue weighted by Gasteiger charge is 2.18. The molecule has 0 aliphatic carbocycles. The molecule has 1 amide bonds. The predicted molar refractivity (Wildman–Crippen MR) is 79.0 cm³/mol. The summed E-state index contributed by atoms with van der Waals surface area (Å²) in [6.45, 7) is 1.98. The molecule has 1 aromatic carbocycles. The van der Waals surface area contributed by atoms with Crippen molar-refractivity contribution < 1.29 is 9.53 Å². The Balaban J connectivity index is 1.83. The number of amides is 1. The average Bonchev–Trinajstić information content (AvgIpc) is 2.98. The zero-order valence-electron chi connectivity index (χ0n) is 12.2. The summed E-state index contributed by atoms with van der Waals surface area (Å²) in [5.41, 5.74) is 7.95. The number of benzene rings is 1. The van der Waals surface area contributed by atoms with E-state index in [1.165, 1.54) is 0 Å². The third kappa shape index (κ3) is 4.05. The Kier molecular flexibility index (Phi) is 5.56. The minimum absolute atomic E-state index is 0.173. The summed E-state index contributed by atoms with van der Waals surface area (Å²) >= 11 is 0. The summed E-state index contributed by atoms with van der Waals surface area (Å²) in [7, 11) is 1.85. The van der Waals surface area contributed by atoms with Crippen molar-refractivity contribution in [3.05, 3.63) is 35.4 Å². The second-order valence-corrected chi connectivity index (χ2v) is 5.40. The van der Waals surface area contributed by atoms with Gasteiger partial charge in [0.1, 0.15) is 0 Å². The number of ether oxygens (including phenoxy) is 1. The number of carbonyl (C=O) groups excluding carboxylic acids is 1.